The molecule has 1 aromatic heterocycles. The van der Waals surface area contributed by atoms with Gasteiger partial charge in [0.1, 0.15) is 11.4 Å². The number of hydrogen-bond acceptors (Lipinski definition) is 4. The molecule has 0 aliphatic heterocycles. The van der Waals surface area contributed by atoms with Gasteiger partial charge in [-0.25, -0.2) is 4.39 Å². The maximum absolute atomic E-state index is 15.4. The van der Waals surface area contributed by atoms with Gasteiger partial charge in [0.2, 0.25) is 5.43 Å². The molecule has 4 nitrogen and oxygen atoms in total. The number of nitrogens with zero attached hydrogens (tertiary/aromatic N) is 1. The number of benzene rings is 3. The van der Waals surface area contributed by atoms with Crippen LogP contribution in [0.3, 0.4) is 0 Å². The molecular weight excluding hydrogens is 431 g/mol. The highest BCUT2D eigenvalue weighted by Gasteiger charge is 2.22. The van der Waals surface area contributed by atoms with Gasteiger partial charge in [-0.2, -0.15) is 0 Å². The van der Waals surface area contributed by atoms with Crippen molar-refractivity contribution in [2.75, 3.05) is 0 Å². The molecule has 156 valence electrons. The van der Waals surface area contributed by atoms with Gasteiger partial charge in [0.25, 0.3) is 5.91 Å². The van der Waals surface area contributed by atoms with Gasteiger partial charge in [-0.1, -0.05) is 59.9 Å². The Balaban J connectivity index is 2.05. The number of primary amides is 1. The Labute approximate surface area is 187 Å². The van der Waals surface area contributed by atoms with E-state index in [2.05, 4.69) is 0 Å². The Bertz CT molecular complexity index is 1320. The van der Waals surface area contributed by atoms with E-state index in [4.69, 9.17) is 5.73 Å². The van der Waals surface area contributed by atoms with Gasteiger partial charge in [-0.15, -0.1) is 0 Å². The van der Waals surface area contributed by atoms with Crippen LogP contribution in [-0.2, 0) is 6.54 Å². The minimum atomic E-state index is -0.825. The fraction of sp³-hybridized carbons (Fsp3) is 0.0833. The summed E-state index contributed by atoms with van der Waals surface area (Å²) in [6, 6.07) is 20.3. The second kappa shape index (κ2) is 8.99. The Morgan fingerprint density at radius 1 is 0.968 bits per heavy atom. The minimum absolute atomic E-state index is 0.145. The minimum Gasteiger partial charge on any atom is -0.365 e. The maximum Gasteiger partial charge on any atom is 0.254 e. The van der Waals surface area contributed by atoms with Crippen LogP contribution in [0, 0.1) is 5.82 Å². The quantitative estimate of drug-likeness (QED) is 0.418. The molecule has 0 spiro atoms. The zero-order valence-corrected chi connectivity index (χ0v) is 18.3. The third kappa shape index (κ3) is 4.24. The number of carbonyl (C=O) groups is 1. The van der Waals surface area contributed by atoms with E-state index in [1.54, 1.807) is 4.57 Å². The summed E-state index contributed by atoms with van der Waals surface area (Å²) in [5, 5.41) is 0.145. The lowest BCUT2D eigenvalue weighted by atomic mass is 10.1. The third-order valence-electron chi connectivity index (χ3n) is 4.76. The van der Waals surface area contributed by atoms with Crippen molar-refractivity contribution in [3.8, 4) is 0 Å². The van der Waals surface area contributed by atoms with E-state index in [-0.39, 0.29) is 10.9 Å². The van der Waals surface area contributed by atoms with Gasteiger partial charge in [0, 0.05) is 22.5 Å². The van der Waals surface area contributed by atoms with Crippen molar-refractivity contribution in [1.29, 1.82) is 0 Å². The fourth-order valence-corrected chi connectivity index (χ4v) is 5.48. The van der Waals surface area contributed by atoms with Gasteiger partial charge in [0.15, 0.2) is 0 Å². The SMILES string of the molecule is CCn1cc(C(N)=O)c(=O)c2cc(F)c(Sc3ccccc3)c(Sc3ccccc3)c21. The van der Waals surface area contributed by atoms with E-state index < -0.39 is 17.2 Å². The van der Waals surface area contributed by atoms with Crippen molar-refractivity contribution in [2.45, 2.75) is 33.1 Å². The van der Waals surface area contributed by atoms with Crippen molar-refractivity contribution < 1.29 is 9.18 Å². The molecule has 0 atom stereocenters. The van der Waals surface area contributed by atoms with Crippen LogP contribution in [0.2, 0.25) is 0 Å². The maximum atomic E-state index is 15.4. The van der Waals surface area contributed by atoms with Crippen molar-refractivity contribution in [3.63, 3.8) is 0 Å². The van der Waals surface area contributed by atoms with E-state index >= 15 is 4.39 Å². The fourth-order valence-electron chi connectivity index (χ4n) is 3.31. The van der Waals surface area contributed by atoms with Crippen LogP contribution in [0.4, 0.5) is 4.39 Å². The molecule has 7 heteroatoms. The average molecular weight is 451 g/mol. The first-order valence-corrected chi connectivity index (χ1v) is 11.3. The number of fused-ring (bicyclic) bond motifs is 1. The number of halogens is 1. The van der Waals surface area contributed by atoms with Crippen LogP contribution in [0.5, 0.6) is 0 Å². The zero-order chi connectivity index (χ0) is 22.0. The molecule has 0 saturated carbocycles. The largest absolute Gasteiger partial charge is 0.365 e. The molecule has 2 N–H and O–H groups in total. The van der Waals surface area contributed by atoms with E-state index in [0.29, 0.717) is 21.9 Å². The normalized spacial score (nSPS) is 11.0. The molecule has 0 bridgehead atoms. The Hall–Kier alpha value is -3.03. The molecule has 4 rings (SSSR count). The first kappa shape index (κ1) is 21.2. The van der Waals surface area contributed by atoms with Crippen molar-refractivity contribution >= 4 is 40.3 Å². The predicted octanol–water partition coefficient (Wildman–Crippen LogP) is 5.56. The zero-order valence-electron chi connectivity index (χ0n) is 16.7. The predicted molar refractivity (Wildman–Crippen MR) is 123 cm³/mol. The van der Waals surface area contributed by atoms with Crippen LogP contribution in [0.25, 0.3) is 10.9 Å². The van der Waals surface area contributed by atoms with Gasteiger partial charge in [-0.3, -0.25) is 9.59 Å². The number of pyridine rings is 1. The van der Waals surface area contributed by atoms with E-state index in [1.165, 1.54) is 35.8 Å². The summed E-state index contributed by atoms with van der Waals surface area (Å²) in [5.41, 5.74) is 5.29. The van der Waals surface area contributed by atoms with Crippen molar-refractivity contribution in [1.82, 2.24) is 4.57 Å². The van der Waals surface area contributed by atoms with Crippen molar-refractivity contribution in [2.24, 2.45) is 5.73 Å². The summed E-state index contributed by atoms with van der Waals surface area (Å²) >= 11 is 2.70. The molecule has 0 aliphatic carbocycles. The highest BCUT2D eigenvalue weighted by molar-refractivity contribution is 8.02. The summed E-state index contributed by atoms with van der Waals surface area (Å²) in [7, 11) is 0. The third-order valence-corrected chi connectivity index (χ3v) is 7.11. The summed E-state index contributed by atoms with van der Waals surface area (Å²) in [6.07, 6.45) is 1.47. The molecule has 0 unspecified atom stereocenters. The molecule has 1 heterocycles. The molecule has 0 fully saturated rings. The lowest BCUT2D eigenvalue weighted by molar-refractivity contribution is 0.0998. The van der Waals surface area contributed by atoms with Crippen LogP contribution in [0.15, 0.2) is 97.3 Å². The number of nitrogens with two attached hydrogens (primary N) is 1. The number of carbonyl (C=O) groups excluding carboxylic acids is 1. The smallest absolute Gasteiger partial charge is 0.254 e. The monoisotopic (exact) mass is 450 g/mol. The first-order valence-electron chi connectivity index (χ1n) is 9.64. The Morgan fingerprint density at radius 2 is 1.52 bits per heavy atom. The number of aryl methyl sites for hydroxylation is 1. The van der Waals surface area contributed by atoms with Gasteiger partial charge >= 0.3 is 0 Å². The summed E-state index contributed by atoms with van der Waals surface area (Å²) in [4.78, 5) is 27.6. The lowest BCUT2D eigenvalue weighted by Gasteiger charge is -2.18. The van der Waals surface area contributed by atoms with Gasteiger partial charge in [0.05, 0.1) is 20.7 Å². The molecular formula is C24H19FN2O2S2. The highest BCUT2D eigenvalue weighted by Crippen LogP contribution is 2.44. The molecule has 0 saturated heterocycles. The Kier molecular flexibility index (Phi) is 6.15. The number of amides is 1. The second-order valence-corrected chi connectivity index (χ2v) is 8.93. The summed E-state index contributed by atoms with van der Waals surface area (Å²) in [5.74, 6) is -1.34. The Morgan fingerprint density at radius 3 is 2.03 bits per heavy atom. The standard InChI is InChI=1S/C24H19FN2O2S2/c1-2-27-14-18(24(26)29)21(28)17-13-19(25)22(30-15-9-5-3-6-10-15)23(20(17)27)31-16-11-7-4-8-12-16/h3-14H,2H2,1H3,(H2,26,29). The number of rotatable bonds is 6. The van der Waals surface area contributed by atoms with Gasteiger partial charge < -0.3 is 10.3 Å². The van der Waals surface area contributed by atoms with Gasteiger partial charge in [-0.05, 0) is 37.3 Å². The average Bonchev–Trinajstić information content (AvgIpc) is 2.78. The molecule has 0 radical (unpaired) electrons. The molecule has 3 aromatic carbocycles. The second-order valence-electron chi connectivity index (χ2n) is 6.77. The van der Waals surface area contributed by atoms with Crippen LogP contribution < -0.4 is 11.2 Å². The lowest BCUT2D eigenvalue weighted by Crippen LogP contribution is -2.24. The number of aromatic nitrogens is 1. The topological polar surface area (TPSA) is 65.1 Å². The number of hydrogen-bond donors (Lipinski definition) is 1. The molecule has 31 heavy (non-hydrogen) atoms. The van der Waals surface area contributed by atoms with Crippen molar-refractivity contribution in [3.05, 3.63) is 94.5 Å². The summed E-state index contributed by atoms with van der Waals surface area (Å²) < 4.78 is 17.2. The van der Waals surface area contributed by atoms with Crippen LogP contribution in [-0.4, -0.2) is 10.5 Å². The highest BCUT2D eigenvalue weighted by atomic mass is 32.2. The van der Waals surface area contributed by atoms with Crippen LogP contribution >= 0.6 is 23.5 Å². The van der Waals surface area contributed by atoms with E-state index in [1.807, 2.05) is 67.6 Å². The van der Waals surface area contributed by atoms with Crippen LogP contribution in [0.1, 0.15) is 17.3 Å². The van der Waals surface area contributed by atoms with E-state index in [0.717, 1.165) is 9.79 Å². The summed E-state index contributed by atoms with van der Waals surface area (Å²) in [6.45, 7) is 2.39. The molecule has 4 aromatic rings. The molecule has 0 aliphatic rings. The van der Waals surface area contributed by atoms with E-state index in [9.17, 15) is 9.59 Å². The first-order chi connectivity index (χ1) is 15.0. The molecule has 1 amide bonds.